The number of alkyl halides is 4. The third-order valence-corrected chi connectivity index (χ3v) is 5.64. The van der Waals surface area contributed by atoms with E-state index in [1.165, 1.54) is 0 Å². The highest BCUT2D eigenvalue weighted by atomic mass is 19.3. The number of benzene rings is 1. The summed E-state index contributed by atoms with van der Waals surface area (Å²) in [4.78, 5) is 10.9. The van der Waals surface area contributed by atoms with Crippen molar-refractivity contribution in [3.8, 4) is 5.75 Å². The predicted octanol–water partition coefficient (Wildman–Crippen LogP) is 7.74. The van der Waals surface area contributed by atoms with Crippen LogP contribution < -0.4 is 4.74 Å². The van der Waals surface area contributed by atoms with E-state index in [0.717, 1.165) is 35.6 Å². The molecule has 182 valence electrons. The molecule has 0 unspecified atom stereocenters. The predicted molar refractivity (Wildman–Crippen MR) is 122 cm³/mol. The van der Waals surface area contributed by atoms with Gasteiger partial charge >= 0.3 is 18.3 Å². The Hall–Kier alpha value is -2.57. The summed E-state index contributed by atoms with van der Waals surface area (Å²) < 4.78 is 58.4. The van der Waals surface area contributed by atoms with Crippen LogP contribution in [0.3, 0.4) is 0 Å². The number of aliphatic carboxylic acids is 1. The second-order valence-corrected chi connectivity index (χ2v) is 9.06. The summed E-state index contributed by atoms with van der Waals surface area (Å²) in [6.07, 6.45) is 3.09. The highest BCUT2D eigenvalue weighted by Crippen LogP contribution is 2.44. The maximum absolute atomic E-state index is 13.7. The summed E-state index contributed by atoms with van der Waals surface area (Å²) >= 11 is 0. The van der Waals surface area contributed by atoms with E-state index in [4.69, 9.17) is 9.84 Å². The van der Waals surface area contributed by atoms with Gasteiger partial charge in [-0.25, -0.2) is 13.6 Å². The summed E-state index contributed by atoms with van der Waals surface area (Å²) in [5.74, 6) is -4.98. The lowest BCUT2D eigenvalue weighted by Crippen LogP contribution is -2.34. The number of carboxylic acids is 1. The standard InChI is InChI=1S/C26H32F4O3/c1-15(2)19-12-21(16(3)4)24(33-14-26(29,30)25(27)28)22(13-19)20-8-6-7-18(20)10-9-17(5)11-23(31)32/h9-13,15-16,25H,6-8,14H2,1-5H3,(H,31,32)/b10-9+,17-11+. The molecule has 0 amide bonds. The quantitative estimate of drug-likeness (QED) is 0.217. The molecule has 7 heteroatoms. The van der Waals surface area contributed by atoms with Crippen molar-refractivity contribution in [1.29, 1.82) is 0 Å². The third kappa shape index (κ3) is 6.95. The minimum absolute atomic E-state index is 0.0700. The monoisotopic (exact) mass is 468 g/mol. The lowest BCUT2D eigenvalue weighted by molar-refractivity contribution is -0.148. The highest BCUT2D eigenvalue weighted by Gasteiger charge is 2.42. The molecule has 0 spiro atoms. The van der Waals surface area contributed by atoms with Gasteiger partial charge in [-0.3, -0.25) is 0 Å². The molecule has 2 rings (SSSR count). The molecule has 1 aromatic rings. The number of carbonyl (C=O) groups is 1. The largest absolute Gasteiger partial charge is 0.486 e. The fraction of sp³-hybridized carbons (Fsp3) is 0.500. The van der Waals surface area contributed by atoms with E-state index in [2.05, 4.69) is 0 Å². The molecule has 0 saturated carbocycles. The Morgan fingerprint density at radius 3 is 2.36 bits per heavy atom. The van der Waals surface area contributed by atoms with Crippen LogP contribution in [-0.4, -0.2) is 30.0 Å². The molecule has 0 saturated heterocycles. The van der Waals surface area contributed by atoms with Crippen LogP contribution in [0, 0.1) is 0 Å². The first-order valence-corrected chi connectivity index (χ1v) is 11.1. The van der Waals surface area contributed by atoms with Crippen molar-refractivity contribution >= 4 is 11.5 Å². The van der Waals surface area contributed by atoms with Crippen molar-refractivity contribution in [2.24, 2.45) is 0 Å². The number of allylic oxidation sites excluding steroid dienone is 5. The second kappa shape index (κ2) is 11.0. The van der Waals surface area contributed by atoms with Gasteiger partial charge in [-0.1, -0.05) is 45.9 Å². The van der Waals surface area contributed by atoms with Crippen LogP contribution in [0.2, 0.25) is 0 Å². The highest BCUT2D eigenvalue weighted by molar-refractivity contribution is 5.81. The van der Waals surface area contributed by atoms with Crippen LogP contribution in [0.4, 0.5) is 17.6 Å². The number of ether oxygens (including phenoxy) is 1. The summed E-state index contributed by atoms with van der Waals surface area (Å²) in [6, 6.07) is 3.81. The molecule has 0 radical (unpaired) electrons. The smallest absolute Gasteiger partial charge is 0.340 e. The van der Waals surface area contributed by atoms with Gasteiger partial charge in [-0.05, 0) is 71.9 Å². The van der Waals surface area contributed by atoms with Crippen LogP contribution in [0.15, 0.2) is 41.5 Å². The molecule has 0 aliphatic heterocycles. The summed E-state index contributed by atoms with van der Waals surface area (Å²) in [7, 11) is 0. The van der Waals surface area contributed by atoms with E-state index in [9.17, 15) is 22.4 Å². The Morgan fingerprint density at radius 2 is 1.82 bits per heavy atom. The average molecular weight is 469 g/mol. The Kier molecular flexibility index (Phi) is 8.92. The first-order valence-electron chi connectivity index (χ1n) is 11.1. The van der Waals surface area contributed by atoms with Crippen molar-refractivity contribution in [1.82, 2.24) is 0 Å². The molecule has 1 aliphatic carbocycles. The van der Waals surface area contributed by atoms with Crippen LogP contribution >= 0.6 is 0 Å². The van der Waals surface area contributed by atoms with Crippen LogP contribution in [0.25, 0.3) is 5.57 Å². The Morgan fingerprint density at radius 1 is 1.15 bits per heavy atom. The van der Waals surface area contributed by atoms with Gasteiger partial charge in [0.1, 0.15) is 5.75 Å². The molecule has 0 bridgehead atoms. The van der Waals surface area contributed by atoms with Gasteiger partial charge in [0.05, 0.1) is 0 Å². The Labute approximate surface area is 192 Å². The average Bonchev–Trinajstić information content (AvgIpc) is 3.17. The number of halogens is 4. The molecule has 1 aromatic carbocycles. The number of carboxylic acid groups (broad SMARTS) is 1. The summed E-state index contributed by atoms with van der Waals surface area (Å²) in [5, 5.41) is 8.92. The van der Waals surface area contributed by atoms with Crippen LogP contribution in [0.1, 0.15) is 82.4 Å². The normalized spacial score (nSPS) is 15.6. The van der Waals surface area contributed by atoms with Crippen LogP contribution in [-0.2, 0) is 4.79 Å². The first-order chi connectivity index (χ1) is 15.3. The molecule has 1 N–H and O–H groups in total. The molecule has 33 heavy (non-hydrogen) atoms. The molecule has 0 fully saturated rings. The number of hydrogen-bond acceptors (Lipinski definition) is 2. The number of rotatable bonds is 10. The number of hydrogen-bond donors (Lipinski definition) is 1. The lowest BCUT2D eigenvalue weighted by atomic mass is 9.88. The molecule has 1 aliphatic rings. The summed E-state index contributed by atoms with van der Waals surface area (Å²) in [5.41, 5.74) is 4.78. The SMILES string of the molecule is CC(/C=C/C1=C(c2cc(C(C)C)cc(C(C)C)c2OCC(F)(F)C(F)F)CCC1)=C\C(=O)O. The minimum atomic E-state index is -4.26. The minimum Gasteiger partial charge on any atom is -0.486 e. The van der Waals surface area contributed by atoms with E-state index < -0.39 is 24.9 Å². The molecule has 0 atom stereocenters. The van der Waals surface area contributed by atoms with Gasteiger partial charge in [0.2, 0.25) is 0 Å². The second-order valence-electron chi connectivity index (χ2n) is 9.06. The molecular weight excluding hydrogens is 436 g/mol. The van der Waals surface area contributed by atoms with E-state index in [1.807, 2.05) is 45.9 Å². The molecule has 0 heterocycles. The first kappa shape index (κ1) is 26.7. The van der Waals surface area contributed by atoms with Gasteiger partial charge in [0.25, 0.3) is 0 Å². The van der Waals surface area contributed by atoms with Crippen molar-refractivity contribution < 1.29 is 32.2 Å². The Balaban J connectivity index is 2.65. The topological polar surface area (TPSA) is 46.5 Å². The zero-order valence-electron chi connectivity index (χ0n) is 19.7. The van der Waals surface area contributed by atoms with Crippen LogP contribution in [0.5, 0.6) is 5.75 Å². The molecule has 3 nitrogen and oxygen atoms in total. The zero-order chi connectivity index (χ0) is 24.9. The Bertz CT molecular complexity index is 957. The third-order valence-electron chi connectivity index (χ3n) is 5.64. The molecular formula is C26H32F4O3. The van der Waals surface area contributed by atoms with Gasteiger partial charge < -0.3 is 9.84 Å². The van der Waals surface area contributed by atoms with E-state index >= 15 is 0 Å². The van der Waals surface area contributed by atoms with E-state index in [1.54, 1.807) is 13.0 Å². The summed E-state index contributed by atoms with van der Waals surface area (Å²) in [6.45, 7) is 8.14. The van der Waals surface area contributed by atoms with Crippen molar-refractivity contribution in [2.45, 2.75) is 78.1 Å². The van der Waals surface area contributed by atoms with Gasteiger partial charge in [-0.2, -0.15) is 8.78 Å². The lowest BCUT2D eigenvalue weighted by Gasteiger charge is -2.24. The fourth-order valence-electron chi connectivity index (χ4n) is 3.79. The molecule has 0 aromatic heterocycles. The van der Waals surface area contributed by atoms with Crippen molar-refractivity contribution in [3.05, 3.63) is 58.2 Å². The van der Waals surface area contributed by atoms with Gasteiger partial charge in [0, 0.05) is 11.6 Å². The maximum atomic E-state index is 13.7. The van der Waals surface area contributed by atoms with E-state index in [-0.39, 0.29) is 17.6 Å². The van der Waals surface area contributed by atoms with Crippen molar-refractivity contribution in [3.63, 3.8) is 0 Å². The van der Waals surface area contributed by atoms with Gasteiger partial charge in [-0.15, -0.1) is 0 Å². The van der Waals surface area contributed by atoms with Gasteiger partial charge in [0.15, 0.2) is 6.61 Å². The zero-order valence-corrected chi connectivity index (χ0v) is 19.7. The fourth-order valence-corrected chi connectivity index (χ4v) is 3.79. The van der Waals surface area contributed by atoms with E-state index in [0.29, 0.717) is 23.1 Å². The van der Waals surface area contributed by atoms with Crippen molar-refractivity contribution in [2.75, 3.05) is 6.61 Å². The maximum Gasteiger partial charge on any atom is 0.340 e.